The number of carbonyl (C=O) groups excluding carboxylic acids is 1. The van der Waals surface area contributed by atoms with Gasteiger partial charge >= 0.3 is 5.97 Å². The predicted molar refractivity (Wildman–Crippen MR) is 75.9 cm³/mol. The smallest absolute Gasteiger partial charge is 0.308 e. The summed E-state index contributed by atoms with van der Waals surface area (Å²) < 4.78 is 5.04. The van der Waals surface area contributed by atoms with Crippen molar-refractivity contribution in [2.24, 2.45) is 5.92 Å². The molecule has 1 fully saturated rings. The molecule has 1 aliphatic rings. The number of likely N-dealkylation sites (N-methyl/N-ethyl adjacent to an activating group) is 1. The molecule has 0 bridgehead atoms. The Balaban J connectivity index is 2.44. The van der Waals surface area contributed by atoms with Crippen molar-refractivity contribution < 1.29 is 14.6 Å². The average molecular weight is 282 g/mol. The fourth-order valence-corrected chi connectivity index (χ4v) is 2.78. The Bertz CT molecular complexity index is 344. The summed E-state index contributed by atoms with van der Waals surface area (Å²) in [4.78, 5) is 13.8. The van der Waals surface area contributed by atoms with Crippen molar-refractivity contribution >= 4 is 5.97 Å². The molecule has 0 unspecified atom stereocenters. The SMILES string of the molecule is CCOC(=O)C1CCC(O)(CN(CC)CCC#N)CC1. The van der Waals surface area contributed by atoms with Crippen LogP contribution in [0.1, 0.15) is 46.0 Å². The van der Waals surface area contributed by atoms with E-state index in [1.165, 1.54) is 0 Å². The lowest BCUT2D eigenvalue weighted by Gasteiger charge is -2.38. The van der Waals surface area contributed by atoms with Gasteiger partial charge < -0.3 is 9.84 Å². The van der Waals surface area contributed by atoms with Gasteiger partial charge in [0.25, 0.3) is 0 Å². The second-order valence-corrected chi connectivity index (χ2v) is 5.53. The van der Waals surface area contributed by atoms with Crippen molar-refractivity contribution in [3.8, 4) is 6.07 Å². The van der Waals surface area contributed by atoms with Crippen LogP contribution in [0.25, 0.3) is 0 Å². The number of ether oxygens (including phenoxy) is 1. The highest BCUT2D eigenvalue weighted by molar-refractivity contribution is 5.72. The molecule has 1 aliphatic carbocycles. The number of hydrogen-bond acceptors (Lipinski definition) is 5. The van der Waals surface area contributed by atoms with Crippen molar-refractivity contribution in [1.82, 2.24) is 4.90 Å². The molecule has 20 heavy (non-hydrogen) atoms. The molecule has 5 nitrogen and oxygen atoms in total. The number of hydrogen-bond donors (Lipinski definition) is 1. The molecule has 0 heterocycles. The summed E-state index contributed by atoms with van der Waals surface area (Å²) in [5.74, 6) is -0.198. The standard InChI is InChI=1S/C15H26N2O3/c1-3-17(11-5-10-16)12-15(19)8-6-13(7-9-15)14(18)20-4-2/h13,19H,3-9,11-12H2,1-2H3. The van der Waals surface area contributed by atoms with Crippen molar-refractivity contribution in [1.29, 1.82) is 5.26 Å². The van der Waals surface area contributed by atoms with Crippen LogP contribution in [0.2, 0.25) is 0 Å². The Kier molecular flexibility index (Phi) is 6.97. The van der Waals surface area contributed by atoms with E-state index in [-0.39, 0.29) is 11.9 Å². The lowest BCUT2D eigenvalue weighted by Crippen LogP contribution is -2.46. The minimum atomic E-state index is -0.728. The highest BCUT2D eigenvalue weighted by Crippen LogP contribution is 2.33. The molecule has 0 atom stereocenters. The summed E-state index contributed by atoms with van der Waals surface area (Å²) in [6.07, 6.45) is 3.10. The largest absolute Gasteiger partial charge is 0.466 e. The maximum atomic E-state index is 11.7. The minimum absolute atomic E-state index is 0.0654. The average Bonchev–Trinajstić information content (AvgIpc) is 2.44. The van der Waals surface area contributed by atoms with Crippen LogP contribution in [0, 0.1) is 17.2 Å². The van der Waals surface area contributed by atoms with Crippen LogP contribution in [0.15, 0.2) is 0 Å². The number of nitriles is 1. The van der Waals surface area contributed by atoms with E-state index in [1.54, 1.807) is 0 Å². The molecule has 0 aliphatic heterocycles. The Labute approximate surface area is 121 Å². The van der Waals surface area contributed by atoms with E-state index in [4.69, 9.17) is 10.00 Å². The third-order valence-electron chi connectivity index (χ3n) is 4.04. The van der Waals surface area contributed by atoms with Crippen LogP contribution < -0.4 is 0 Å². The van der Waals surface area contributed by atoms with E-state index < -0.39 is 5.60 Å². The summed E-state index contributed by atoms with van der Waals surface area (Å²) in [6.45, 7) is 6.36. The quantitative estimate of drug-likeness (QED) is 0.720. The van der Waals surface area contributed by atoms with E-state index in [2.05, 4.69) is 11.0 Å². The van der Waals surface area contributed by atoms with Gasteiger partial charge in [0.15, 0.2) is 0 Å². The molecule has 0 aromatic heterocycles. The van der Waals surface area contributed by atoms with Crippen molar-refractivity contribution in [3.63, 3.8) is 0 Å². The van der Waals surface area contributed by atoms with Crippen LogP contribution in [-0.4, -0.2) is 47.8 Å². The Morgan fingerprint density at radius 3 is 2.60 bits per heavy atom. The zero-order valence-electron chi connectivity index (χ0n) is 12.6. The van der Waals surface area contributed by atoms with Gasteiger partial charge in [0.2, 0.25) is 0 Å². The molecule has 1 rings (SSSR count). The molecule has 114 valence electrons. The number of aliphatic hydroxyl groups is 1. The first kappa shape index (κ1) is 16.9. The highest BCUT2D eigenvalue weighted by Gasteiger charge is 2.37. The normalized spacial score (nSPS) is 26.2. The third-order valence-corrected chi connectivity index (χ3v) is 4.04. The van der Waals surface area contributed by atoms with E-state index in [1.807, 2.05) is 13.8 Å². The molecule has 0 radical (unpaired) electrons. The first-order valence-corrected chi connectivity index (χ1v) is 7.53. The molecule has 0 aromatic carbocycles. The summed E-state index contributed by atoms with van der Waals surface area (Å²) in [5.41, 5.74) is -0.728. The van der Waals surface area contributed by atoms with Gasteiger partial charge in [0.1, 0.15) is 0 Å². The third kappa shape index (κ3) is 5.10. The second kappa shape index (κ2) is 8.23. The maximum Gasteiger partial charge on any atom is 0.308 e. The van der Waals surface area contributed by atoms with Crippen LogP contribution in [-0.2, 0) is 9.53 Å². The van der Waals surface area contributed by atoms with Gasteiger partial charge in [-0.05, 0) is 39.2 Å². The molecule has 1 saturated carbocycles. The van der Waals surface area contributed by atoms with Crippen molar-refractivity contribution in [2.75, 3.05) is 26.2 Å². The topological polar surface area (TPSA) is 73.6 Å². The Hall–Kier alpha value is -1.12. The van der Waals surface area contributed by atoms with Crippen molar-refractivity contribution in [2.45, 2.75) is 51.6 Å². The molecule has 0 saturated heterocycles. The summed E-state index contributed by atoms with van der Waals surface area (Å²) >= 11 is 0. The lowest BCUT2D eigenvalue weighted by molar-refractivity contribution is -0.151. The van der Waals surface area contributed by atoms with Gasteiger partial charge in [-0.25, -0.2) is 0 Å². The van der Waals surface area contributed by atoms with Gasteiger partial charge in [-0.3, -0.25) is 9.69 Å². The van der Waals surface area contributed by atoms with E-state index in [0.29, 0.717) is 51.8 Å². The predicted octanol–water partition coefficient (Wildman–Crippen LogP) is 1.71. The van der Waals surface area contributed by atoms with Crippen LogP contribution in [0.4, 0.5) is 0 Å². The Morgan fingerprint density at radius 1 is 1.45 bits per heavy atom. The van der Waals surface area contributed by atoms with E-state index >= 15 is 0 Å². The second-order valence-electron chi connectivity index (χ2n) is 5.53. The molecule has 0 amide bonds. The van der Waals surface area contributed by atoms with Crippen LogP contribution >= 0.6 is 0 Å². The van der Waals surface area contributed by atoms with Gasteiger partial charge in [-0.2, -0.15) is 5.26 Å². The minimum Gasteiger partial charge on any atom is -0.466 e. The molecule has 1 N–H and O–H groups in total. The van der Waals surface area contributed by atoms with Gasteiger partial charge in [0, 0.05) is 19.5 Å². The number of esters is 1. The van der Waals surface area contributed by atoms with Gasteiger partial charge in [-0.15, -0.1) is 0 Å². The lowest BCUT2D eigenvalue weighted by atomic mass is 9.78. The van der Waals surface area contributed by atoms with Crippen LogP contribution in [0.3, 0.4) is 0 Å². The van der Waals surface area contributed by atoms with Gasteiger partial charge in [0.05, 0.1) is 24.2 Å². The fourth-order valence-electron chi connectivity index (χ4n) is 2.78. The Morgan fingerprint density at radius 2 is 2.10 bits per heavy atom. The highest BCUT2D eigenvalue weighted by atomic mass is 16.5. The van der Waals surface area contributed by atoms with E-state index in [9.17, 15) is 9.90 Å². The first-order valence-electron chi connectivity index (χ1n) is 7.53. The summed E-state index contributed by atoms with van der Waals surface area (Å²) in [7, 11) is 0. The van der Waals surface area contributed by atoms with Gasteiger partial charge in [-0.1, -0.05) is 6.92 Å². The van der Waals surface area contributed by atoms with Crippen LogP contribution in [0.5, 0.6) is 0 Å². The zero-order valence-corrected chi connectivity index (χ0v) is 12.6. The summed E-state index contributed by atoms with van der Waals surface area (Å²) in [5, 5.41) is 19.3. The number of carbonyl (C=O) groups is 1. The maximum absolute atomic E-state index is 11.7. The monoisotopic (exact) mass is 282 g/mol. The molecule has 0 aromatic rings. The molecular formula is C15H26N2O3. The van der Waals surface area contributed by atoms with E-state index in [0.717, 1.165) is 6.54 Å². The summed E-state index contributed by atoms with van der Waals surface area (Å²) in [6, 6.07) is 2.13. The fraction of sp³-hybridized carbons (Fsp3) is 0.867. The first-order chi connectivity index (χ1) is 9.54. The zero-order chi connectivity index (χ0) is 15.0. The molecular weight excluding hydrogens is 256 g/mol. The molecule has 5 heteroatoms. The van der Waals surface area contributed by atoms with Crippen molar-refractivity contribution in [3.05, 3.63) is 0 Å². The molecule has 0 spiro atoms. The number of nitrogens with zero attached hydrogens (tertiary/aromatic N) is 2. The number of rotatable bonds is 7.